The minimum absolute atomic E-state index is 0.242. The predicted molar refractivity (Wildman–Crippen MR) is 106 cm³/mol. The van der Waals surface area contributed by atoms with E-state index in [0.717, 1.165) is 54.7 Å². The number of rotatable bonds is 5. The van der Waals surface area contributed by atoms with Crippen LogP contribution in [0.1, 0.15) is 24.8 Å². The van der Waals surface area contributed by atoms with Crippen LogP contribution in [0.15, 0.2) is 12.1 Å². The number of hydrogen-bond acceptors (Lipinski definition) is 6. The van der Waals surface area contributed by atoms with Crippen LogP contribution in [0, 0.1) is 0 Å². The van der Waals surface area contributed by atoms with Crippen LogP contribution >= 0.6 is 11.6 Å². The van der Waals surface area contributed by atoms with E-state index < -0.39 is 0 Å². The summed E-state index contributed by atoms with van der Waals surface area (Å²) < 4.78 is 10.9. The molecule has 0 bridgehead atoms. The van der Waals surface area contributed by atoms with E-state index in [-0.39, 0.29) is 13.4 Å². The zero-order valence-electron chi connectivity index (χ0n) is 16.1. The van der Waals surface area contributed by atoms with E-state index in [4.69, 9.17) is 21.1 Å². The Labute approximate surface area is 166 Å². The first-order valence-corrected chi connectivity index (χ1v) is 10.4. The molecule has 2 fully saturated rings. The second kappa shape index (κ2) is 8.53. The summed E-state index contributed by atoms with van der Waals surface area (Å²) in [7, 11) is 2.20. The Morgan fingerprint density at radius 3 is 2.59 bits per heavy atom. The molecule has 0 saturated carbocycles. The number of aliphatic hydroxyl groups excluding tert-OH is 1. The number of piperazine rings is 1. The maximum Gasteiger partial charge on any atom is 0.231 e. The quantitative estimate of drug-likeness (QED) is 0.823. The molecule has 0 aliphatic carbocycles. The van der Waals surface area contributed by atoms with Crippen molar-refractivity contribution in [3.63, 3.8) is 0 Å². The summed E-state index contributed by atoms with van der Waals surface area (Å²) in [4.78, 5) is 7.52. The van der Waals surface area contributed by atoms with Gasteiger partial charge in [0.1, 0.15) is 0 Å². The highest BCUT2D eigenvalue weighted by atomic mass is 35.5. The minimum Gasteiger partial charge on any atom is -0.454 e. The van der Waals surface area contributed by atoms with E-state index >= 15 is 0 Å². The van der Waals surface area contributed by atoms with Gasteiger partial charge in [0.15, 0.2) is 11.5 Å². The molecule has 1 atom stereocenters. The third kappa shape index (κ3) is 4.35. The summed E-state index contributed by atoms with van der Waals surface area (Å²) in [6.07, 6.45) is 3.29. The average Bonchev–Trinajstić information content (AvgIpc) is 3.10. The summed E-state index contributed by atoms with van der Waals surface area (Å²) in [5.74, 6) is 1.51. The van der Waals surface area contributed by atoms with Crippen LogP contribution in [0.3, 0.4) is 0 Å². The van der Waals surface area contributed by atoms with Crippen molar-refractivity contribution in [3.8, 4) is 11.5 Å². The smallest absolute Gasteiger partial charge is 0.231 e. The molecule has 1 unspecified atom stereocenters. The van der Waals surface area contributed by atoms with Crippen LogP contribution < -0.4 is 9.47 Å². The molecule has 3 aliphatic rings. The molecule has 150 valence electrons. The summed E-state index contributed by atoms with van der Waals surface area (Å²) in [5.41, 5.74) is 1.08. The van der Waals surface area contributed by atoms with Gasteiger partial charge in [0.05, 0.1) is 0 Å². The van der Waals surface area contributed by atoms with E-state index in [0.29, 0.717) is 12.1 Å². The van der Waals surface area contributed by atoms with Crippen LogP contribution in [0.4, 0.5) is 0 Å². The number of fused-ring (bicyclic) bond motifs is 1. The Kier molecular flexibility index (Phi) is 6.09. The maximum absolute atomic E-state index is 9.60. The lowest BCUT2D eigenvalue weighted by atomic mass is 9.98. The lowest BCUT2D eigenvalue weighted by Gasteiger charge is -2.47. The lowest BCUT2D eigenvalue weighted by molar-refractivity contribution is 0.00599. The Hall–Kier alpha value is -1.05. The van der Waals surface area contributed by atoms with Crippen LogP contribution in [0.25, 0.3) is 0 Å². The van der Waals surface area contributed by atoms with E-state index in [9.17, 15) is 5.11 Å². The third-order valence-corrected chi connectivity index (χ3v) is 6.52. The number of nitrogens with zero attached hydrogens (tertiary/aromatic N) is 3. The molecule has 6 nitrogen and oxygen atoms in total. The molecule has 7 heteroatoms. The van der Waals surface area contributed by atoms with Crippen molar-refractivity contribution in [1.29, 1.82) is 0 Å². The summed E-state index contributed by atoms with van der Waals surface area (Å²) >= 11 is 6.47. The van der Waals surface area contributed by atoms with Crippen LogP contribution in [-0.2, 0) is 6.54 Å². The zero-order chi connectivity index (χ0) is 18.8. The second-order valence-electron chi connectivity index (χ2n) is 7.97. The molecule has 0 spiro atoms. The molecular formula is C20H30ClN3O3. The molecule has 4 rings (SSSR count). The summed E-state index contributed by atoms with van der Waals surface area (Å²) in [5, 5.41) is 10.3. The first-order valence-electron chi connectivity index (χ1n) is 9.99. The van der Waals surface area contributed by atoms with Gasteiger partial charge in [-0.25, -0.2) is 0 Å². The monoisotopic (exact) mass is 395 g/mol. The average molecular weight is 396 g/mol. The fourth-order valence-electron chi connectivity index (χ4n) is 4.61. The number of ether oxygens (including phenoxy) is 2. The highest BCUT2D eigenvalue weighted by Gasteiger charge is 2.33. The van der Waals surface area contributed by atoms with Crippen molar-refractivity contribution in [2.75, 3.05) is 53.2 Å². The Balaban J connectivity index is 1.41. The van der Waals surface area contributed by atoms with Gasteiger partial charge in [0.25, 0.3) is 0 Å². The number of halogens is 1. The SMILES string of the molecule is CN1CCC(N2CCN(Cc3cc4c(cc3Cl)OCO4)CC2CCO)CC1. The molecule has 3 heterocycles. The predicted octanol–water partition coefficient (Wildman–Crippen LogP) is 2.03. The van der Waals surface area contributed by atoms with Crippen molar-refractivity contribution in [2.24, 2.45) is 0 Å². The van der Waals surface area contributed by atoms with Crippen molar-refractivity contribution >= 4 is 11.6 Å². The molecule has 1 aromatic carbocycles. The van der Waals surface area contributed by atoms with Crippen molar-refractivity contribution in [1.82, 2.24) is 14.7 Å². The summed E-state index contributed by atoms with van der Waals surface area (Å²) in [6.45, 7) is 6.71. The minimum atomic E-state index is 0.242. The normalized spacial score (nSPS) is 25.2. The number of piperidine rings is 1. The third-order valence-electron chi connectivity index (χ3n) is 6.17. The van der Waals surface area contributed by atoms with Gasteiger partial charge >= 0.3 is 0 Å². The van der Waals surface area contributed by atoms with Crippen molar-refractivity contribution in [3.05, 3.63) is 22.7 Å². The van der Waals surface area contributed by atoms with Gasteiger partial charge in [-0.2, -0.15) is 0 Å². The van der Waals surface area contributed by atoms with Gasteiger partial charge in [-0.3, -0.25) is 9.80 Å². The topological polar surface area (TPSA) is 48.4 Å². The largest absolute Gasteiger partial charge is 0.454 e. The molecule has 0 aromatic heterocycles. The van der Waals surface area contributed by atoms with E-state index in [1.54, 1.807) is 0 Å². The number of likely N-dealkylation sites (tertiary alicyclic amines) is 1. The Morgan fingerprint density at radius 1 is 1.11 bits per heavy atom. The van der Waals surface area contributed by atoms with Gasteiger partial charge < -0.3 is 19.5 Å². The van der Waals surface area contributed by atoms with E-state index in [1.807, 2.05) is 12.1 Å². The molecule has 3 aliphatic heterocycles. The molecule has 1 aromatic rings. The summed E-state index contributed by atoms with van der Waals surface area (Å²) in [6, 6.07) is 4.92. The first kappa shape index (κ1) is 19.3. The van der Waals surface area contributed by atoms with Gasteiger partial charge in [-0.1, -0.05) is 11.6 Å². The molecule has 27 heavy (non-hydrogen) atoms. The fourth-order valence-corrected chi connectivity index (χ4v) is 4.83. The zero-order valence-corrected chi connectivity index (χ0v) is 16.8. The van der Waals surface area contributed by atoms with Crippen LogP contribution in [0.2, 0.25) is 5.02 Å². The molecular weight excluding hydrogens is 366 g/mol. The standard InChI is InChI=1S/C20H30ClN3O3/c1-22-5-2-16(3-6-22)24-8-7-23(13-17(24)4-9-25)12-15-10-19-20(11-18(15)21)27-14-26-19/h10-11,16-17,25H,2-9,12-14H2,1H3. The molecule has 2 saturated heterocycles. The number of benzene rings is 1. The maximum atomic E-state index is 9.60. The molecule has 0 amide bonds. The second-order valence-corrected chi connectivity index (χ2v) is 8.38. The van der Waals surface area contributed by atoms with Crippen LogP contribution in [0.5, 0.6) is 11.5 Å². The number of aliphatic hydroxyl groups is 1. The Bertz CT molecular complexity index is 652. The van der Waals surface area contributed by atoms with E-state index in [2.05, 4.69) is 21.7 Å². The Morgan fingerprint density at radius 2 is 1.85 bits per heavy atom. The highest BCUT2D eigenvalue weighted by Crippen LogP contribution is 2.37. The van der Waals surface area contributed by atoms with E-state index in [1.165, 1.54) is 25.9 Å². The van der Waals surface area contributed by atoms with Gasteiger partial charge in [0, 0.05) is 56.0 Å². The number of hydrogen-bond donors (Lipinski definition) is 1. The van der Waals surface area contributed by atoms with Gasteiger partial charge in [0.2, 0.25) is 6.79 Å². The lowest BCUT2D eigenvalue weighted by Crippen LogP contribution is -2.58. The van der Waals surface area contributed by atoms with Crippen molar-refractivity contribution < 1.29 is 14.6 Å². The van der Waals surface area contributed by atoms with Gasteiger partial charge in [-0.05, 0) is 51.0 Å². The van der Waals surface area contributed by atoms with Gasteiger partial charge in [-0.15, -0.1) is 0 Å². The fraction of sp³-hybridized carbons (Fsp3) is 0.700. The van der Waals surface area contributed by atoms with Crippen LogP contribution in [-0.4, -0.2) is 85.1 Å². The highest BCUT2D eigenvalue weighted by molar-refractivity contribution is 6.31. The molecule has 0 radical (unpaired) electrons. The molecule has 1 N–H and O–H groups in total. The first-order chi connectivity index (χ1) is 13.1. The van der Waals surface area contributed by atoms with Crippen molar-refractivity contribution in [2.45, 2.75) is 37.9 Å².